The second-order valence-electron chi connectivity index (χ2n) is 4.92. The van der Waals surface area contributed by atoms with Crippen LogP contribution < -0.4 is 0 Å². The second kappa shape index (κ2) is 4.33. The smallest absolute Gasteiger partial charge is 0.304 e. The molecule has 0 heterocycles. The molecule has 0 radical (unpaired) electrons. The van der Waals surface area contributed by atoms with Gasteiger partial charge in [-0.2, -0.15) is 0 Å². The molecule has 0 aliphatic heterocycles. The van der Waals surface area contributed by atoms with E-state index >= 15 is 0 Å². The molecular formula is C12H18O3. The third kappa shape index (κ3) is 2.21. The molecular weight excluding hydrogens is 192 g/mol. The van der Waals surface area contributed by atoms with Crippen LogP contribution in [0.3, 0.4) is 0 Å². The third-order valence-corrected chi connectivity index (χ3v) is 4.05. The Morgan fingerprint density at radius 1 is 1.27 bits per heavy atom. The van der Waals surface area contributed by atoms with Crippen molar-refractivity contribution in [1.29, 1.82) is 0 Å². The van der Waals surface area contributed by atoms with Crippen LogP contribution in [0.15, 0.2) is 0 Å². The average molecular weight is 210 g/mol. The number of carbonyl (C=O) groups excluding carboxylic acids is 1. The number of rotatable bonds is 2. The molecule has 84 valence electrons. The van der Waals surface area contributed by atoms with E-state index in [1.807, 2.05) is 0 Å². The fourth-order valence-electron chi connectivity index (χ4n) is 3.33. The van der Waals surface area contributed by atoms with Crippen molar-refractivity contribution in [3.05, 3.63) is 0 Å². The number of hydrogen-bond acceptors (Lipinski definition) is 2. The lowest BCUT2D eigenvalue weighted by molar-refractivity contribution is -0.144. The van der Waals surface area contributed by atoms with Crippen molar-refractivity contribution in [3.8, 4) is 0 Å². The van der Waals surface area contributed by atoms with Crippen LogP contribution in [0.5, 0.6) is 0 Å². The first-order chi connectivity index (χ1) is 7.18. The number of carboxylic acid groups (broad SMARTS) is 1. The Morgan fingerprint density at radius 2 is 2.00 bits per heavy atom. The van der Waals surface area contributed by atoms with Gasteiger partial charge in [0.1, 0.15) is 5.78 Å². The molecule has 0 saturated heterocycles. The first-order valence-corrected chi connectivity index (χ1v) is 5.93. The van der Waals surface area contributed by atoms with Crippen LogP contribution in [0.1, 0.15) is 44.9 Å². The first-order valence-electron chi connectivity index (χ1n) is 5.93. The molecule has 15 heavy (non-hydrogen) atoms. The Morgan fingerprint density at radius 3 is 2.73 bits per heavy atom. The van der Waals surface area contributed by atoms with E-state index in [-0.39, 0.29) is 18.1 Å². The van der Waals surface area contributed by atoms with Crippen LogP contribution in [0.25, 0.3) is 0 Å². The maximum Gasteiger partial charge on any atom is 0.304 e. The average Bonchev–Trinajstić information content (AvgIpc) is 2.22. The summed E-state index contributed by atoms with van der Waals surface area (Å²) in [5.74, 6) is 0.193. The zero-order chi connectivity index (χ0) is 10.8. The summed E-state index contributed by atoms with van der Waals surface area (Å²) < 4.78 is 0. The lowest BCUT2D eigenvalue weighted by Gasteiger charge is -2.39. The molecule has 3 nitrogen and oxygen atoms in total. The predicted octanol–water partition coefficient (Wildman–Crippen LogP) is 2.25. The van der Waals surface area contributed by atoms with Crippen LogP contribution in [-0.4, -0.2) is 16.9 Å². The molecule has 0 aromatic rings. The van der Waals surface area contributed by atoms with Gasteiger partial charge in [0.05, 0.1) is 6.42 Å². The standard InChI is InChI=1S/C12H18O3/c13-11-6-5-8-3-1-2-4-9(8)10(11)7-12(14)15/h8-10H,1-7H2,(H,14,15)/t8-,9+,10-/m1/s1. The number of carbonyl (C=O) groups is 2. The molecule has 1 N–H and O–H groups in total. The van der Waals surface area contributed by atoms with E-state index in [0.717, 1.165) is 12.8 Å². The zero-order valence-corrected chi connectivity index (χ0v) is 8.95. The number of Topliss-reactive ketones (excluding diaryl/α,β-unsaturated/α-hetero) is 1. The Hall–Kier alpha value is -0.860. The van der Waals surface area contributed by atoms with Gasteiger partial charge in [0.2, 0.25) is 0 Å². The molecule has 0 aromatic carbocycles. The van der Waals surface area contributed by atoms with Gasteiger partial charge in [0.25, 0.3) is 0 Å². The van der Waals surface area contributed by atoms with Gasteiger partial charge in [-0.25, -0.2) is 0 Å². The summed E-state index contributed by atoms with van der Waals surface area (Å²) in [6, 6.07) is 0. The molecule has 2 aliphatic rings. The van der Waals surface area contributed by atoms with Crippen molar-refractivity contribution in [1.82, 2.24) is 0 Å². The van der Waals surface area contributed by atoms with Crippen LogP contribution >= 0.6 is 0 Å². The summed E-state index contributed by atoms with van der Waals surface area (Å²) in [6.07, 6.45) is 6.36. The van der Waals surface area contributed by atoms with Crippen molar-refractivity contribution < 1.29 is 14.7 Å². The lowest BCUT2D eigenvalue weighted by Crippen LogP contribution is -2.38. The molecule has 0 amide bonds. The van der Waals surface area contributed by atoms with Gasteiger partial charge in [-0.15, -0.1) is 0 Å². The van der Waals surface area contributed by atoms with E-state index in [0.29, 0.717) is 18.3 Å². The van der Waals surface area contributed by atoms with E-state index in [1.54, 1.807) is 0 Å². The summed E-state index contributed by atoms with van der Waals surface area (Å²) in [6.45, 7) is 0. The van der Waals surface area contributed by atoms with Gasteiger partial charge in [0, 0.05) is 12.3 Å². The van der Waals surface area contributed by atoms with Gasteiger partial charge in [-0.3, -0.25) is 9.59 Å². The fourth-order valence-corrected chi connectivity index (χ4v) is 3.33. The van der Waals surface area contributed by atoms with E-state index in [2.05, 4.69) is 0 Å². The van der Waals surface area contributed by atoms with Crippen molar-refractivity contribution in [2.75, 3.05) is 0 Å². The van der Waals surface area contributed by atoms with Crippen molar-refractivity contribution in [2.24, 2.45) is 17.8 Å². The Kier molecular flexibility index (Phi) is 3.08. The highest BCUT2D eigenvalue weighted by Gasteiger charge is 2.40. The van der Waals surface area contributed by atoms with E-state index < -0.39 is 5.97 Å². The van der Waals surface area contributed by atoms with Crippen LogP contribution in [-0.2, 0) is 9.59 Å². The number of carboxylic acids is 1. The molecule has 0 bridgehead atoms. The van der Waals surface area contributed by atoms with E-state index in [1.165, 1.54) is 19.3 Å². The number of fused-ring (bicyclic) bond motifs is 1. The minimum absolute atomic E-state index is 0.0556. The predicted molar refractivity (Wildman–Crippen MR) is 55.4 cm³/mol. The monoisotopic (exact) mass is 210 g/mol. The van der Waals surface area contributed by atoms with Gasteiger partial charge in [0.15, 0.2) is 0 Å². The Bertz CT molecular complexity index is 272. The van der Waals surface area contributed by atoms with Gasteiger partial charge in [-0.1, -0.05) is 19.3 Å². The molecule has 3 atom stereocenters. The van der Waals surface area contributed by atoms with Crippen molar-refractivity contribution in [3.63, 3.8) is 0 Å². The van der Waals surface area contributed by atoms with E-state index in [9.17, 15) is 9.59 Å². The highest BCUT2D eigenvalue weighted by molar-refractivity contribution is 5.85. The maximum absolute atomic E-state index is 11.7. The summed E-state index contributed by atoms with van der Waals surface area (Å²) in [4.78, 5) is 22.5. The van der Waals surface area contributed by atoms with Crippen molar-refractivity contribution in [2.45, 2.75) is 44.9 Å². The SMILES string of the molecule is O=C(O)C[C@H]1C(=O)CC[C@H]2CCCC[C@@H]21. The number of hydrogen-bond donors (Lipinski definition) is 1. The highest BCUT2D eigenvalue weighted by Crippen LogP contribution is 2.43. The van der Waals surface area contributed by atoms with Crippen molar-refractivity contribution >= 4 is 11.8 Å². The molecule has 2 aliphatic carbocycles. The molecule has 3 heteroatoms. The third-order valence-electron chi connectivity index (χ3n) is 4.05. The minimum atomic E-state index is -0.820. The fraction of sp³-hybridized carbons (Fsp3) is 0.833. The minimum Gasteiger partial charge on any atom is -0.481 e. The van der Waals surface area contributed by atoms with Gasteiger partial charge in [-0.05, 0) is 24.7 Å². The van der Waals surface area contributed by atoms with Crippen LogP contribution in [0.4, 0.5) is 0 Å². The normalized spacial score (nSPS) is 36.0. The number of aliphatic carboxylic acids is 1. The molecule has 2 rings (SSSR count). The summed E-state index contributed by atoms with van der Waals surface area (Å²) in [5.41, 5.74) is 0. The molecule has 0 aromatic heterocycles. The summed E-state index contributed by atoms with van der Waals surface area (Å²) in [7, 11) is 0. The first kappa shape index (κ1) is 10.7. The zero-order valence-electron chi connectivity index (χ0n) is 8.95. The quantitative estimate of drug-likeness (QED) is 0.760. The number of ketones is 1. The largest absolute Gasteiger partial charge is 0.481 e. The van der Waals surface area contributed by atoms with Crippen LogP contribution in [0, 0.1) is 17.8 Å². The second-order valence-corrected chi connectivity index (χ2v) is 4.92. The van der Waals surface area contributed by atoms with Gasteiger partial charge < -0.3 is 5.11 Å². The summed E-state index contributed by atoms with van der Waals surface area (Å²) >= 11 is 0. The van der Waals surface area contributed by atoms with Crippen LogP contribution in [0.2, 0.25) is 0 Å². The maximum atomic E-state index is 11.7. The van der Waals surface area contributed by atoms with E-state index in [4.69, 9.17) is 5.11 Å². The molecule has 2 saturated carbocycles. The lowest BCUT2D eigenvalue weighted by atomic mass is 9.64. The summed E-state index contributed by atoms with van der Waals surface area (Å²) in [5, 5.41) is 8.82. The molecule has 2 fully saturated rings. The highest BCUT2D eigenvalue weighted by atomic mass is 16.4. The topological polar surface area (TPSA) is 54.4 Å². The molecule has 0 unspecified atom stereocenters. The molecule has 0 spiro atoms. The Labute approximate surface area is 89.9 Å². The Balaban J connectivity index is 2.09. The van der Waals surface area contributed by atoms with Gasteiger partial charge >= 0.3 is 5.97 Å².